The number of hydrogen-bond donors (Lipinski definition) is 2. The van der Waals surface area contributed by atoms with Gasteiger partial charge in [0, 0.05) is 18.0 Å². The molecule has 2 saturated carbocycles. The number of fused-ring (bicyclic) bond motifs is 5. The Kier molecular flexibility index (Phi) is 5.94. The Bertz CT molecular complexity index is 1060. The van der Waals surface area contributed by atoms with E-state index in [9.17, 15) is 14.4 Å². The van der Waals surface area contributed by atoms with Crippen molar-refractivity contribution in [2.75, 3.05) is 5.32 Å². The monoisotopic (exact) mass is 449 g/mol. The first-order chi connectivity index (χ1) is 16.0. The number of pyridine rings is 1. The second-order valence-electron chi connectivity index (χ2n) is 10.3. The van der Waals surface area contributed by atoms with Gasteiger partial charge in [-0.25, -0.2) is 9.37 Å². The Balaban J connectivity index is 1.31. The maximum absolute atomic E-state index is 14.5. The van der Waals surface area contributed by atoms with Crippen LogP contribution in [0, 0.1) is 29.0 Å². The molecule has 0 bridgehead atoms. The highest BCUT2D eigenvalue weighted by Gasteiger charge is 2.57. The Morgan fingerprint density at radius 2 is 2.15 bits per heavy atom. The predicted molar refractivity (Wildman–Crippen MR) is 126 cm³/mol. The van der Waals surface area contributed by atoms with E-state index in [-0.39, 0.29) is 17.1 Å². The molecule has 2 aromatic rings. The lowest BCUT2D eigenvalue weighted by molar-refractivity contribution is -0.116. The number of carbonyl (C=O) groups is 1. The Hall–Kier alpha value is -2.76. The van der Waals surface area contributed by atoms with Gasteiger partial charge in [-0.2, -0.15) is 0 Å². The van der Waals surface area contributed by atoms with Gasteiger partial charge in [0.25, 0.3) is 0 Å². The van der Waals surface area contributed by atoms with Crippen molar-refractivity contribution in [2.24, 2.45) is 28.3 Å². The van der Waals surface area contributed by atoms with Crippen LogP contribution in [0.3, 0.4) is 0 Å². The molecular formula is C27H32FN3O2. The standard InChI is InChI=1S/C27H32FN3O2/c1-27-14-13-19-18-7-5-8-22(28)20(18)11-12-21(19)26(27)17(16-23(27)31-33)6-4-10-25(32)30-24-9-2-3-15-29-24/h2-3,5,7-9,15,17,19,21,26,33H,4,6,10-14,16H2,1H3,(H,29,30,32)/b31-23+/t17-,19?,21?,26?,27-/m1/s1. The van der Waals surface area contributed by atoms with E-state index in [1.807, 2.05) is 18.2 Å². The van der Waals surface area contributed by atoms with E-state index in [2.05, 4.69) is 28.4 Å². The molecule has 0 saturated heterocycles. The quantitative estimate of drug-likeness (QED) is 0.438. The number of benzene rings is 1. The fourth-order valence-corrected chi connectivity index (χ4v) is 7.24. The molecule has 3 unspecified atom stereocenters. The Morgan fingerprint density at radius 3 is 2.94 bits per heavy atom. The van der Waals surface area contributed by atoms with Gasteiger partial charge in [-0.15, -0.1) is 0 Å². The summed E-state index contributed by atoms with van der Waals surface area (Å²) in [6.45, 7) is 2.26. The average molecular weight is 450 g/mol. The molecule has 0 aliphatic heterocycles. The van der Waals surface area contributed by atoms with E-state index >= 15 is 0 Å². The number of amides is 1. The van der Waals surface area contributed by atoms with Gasteiger partial charge in [0.1, 0.15) is 11.6 Å². The second-order valence-corrected chi connectivity index (χ2v) is 10.3. The van der Waals surface area contributed by atoms with Crippen LogP contribution in [0.4, 0.5) is 10.2 Å². The summed E-state index contributed by atoms with van der Waals surface area (Å²) < 4.78 is 14.5. The maximum atomic E-state index is 14.5. The number of aromatic nitrogens is 1. The molecule has 3 aliphatic carbocycles. The number of nitrogens with zero attached hydrogens (tertiary/aromatic N) is 2. The van der Waals surface area contributed by atoms with Gasteiger partial charge in [0.2, 0.25) is 5.91 Å². The van der Waals surface area contributed by atoms with E-state index < -0.39 is 0 Å². The van der Waals surface area contributed by atoms with Crippen molar-refractivity contribution < 1.29 is 14.4 Å². The number of rotatable bonds is 5. The predicted octanol–water partition coefficient (Wildman–Crippen LogP) is 5.94. The highest BCUT2D eigenvalue weighted by atomic mass is 19.1. The maximum Gasteiger partial charge on any atom is 0.225 e. The number of anilines is 1. The number of nitrogens with one attached hydrogen (secondary N) is 1. The van der Waals surface area contributed by atoms with Crippen molar-refractivity contribution >= 4 is 17.4 Å². The zero-order chi connectivity index (χ0) is 23.0. The fraction of sp³-hybridized carbons (Fsp3) is 0.519. The minimum atomic E-state index is -0.109. The van der Waals surface area contributed by atoms with E-state index in [4.69, 9.17) is 0 Å². The topological polar surface area (TPSA) is 74.6 Å². The summed E-state index contributed by atoms with van der Waals surface area (Å²) in [5.41, 5.74) is 2.90. The van der Waals surface area contributed by atoms with Gasteiger partial charge >= 0.3 is 0 Å². The van der Waals surface area contributed by atoms with Crippen LogP contribution in [0.15, 0.2) is 47.8 Å². The van der Waals surface area contributed by atoms with Crippen molar-refractivity contribution in [2.45, 2.75) is 64.2 Å². The SMILES string of the molecule is C[C@]12CCC3c4cccc(F)c4CCC3C1[C@H](CCCC(=O)Nc1ccccn1)C/C2=N\O. The molecule has 2 N–H and O–H groups in total. The van der Waals surface area contributed by atoms with E-state index in [1.165, 1.54) is 5.56 Å². The van der Waals surface area contributed by atoms with Crippen LogP contribution in [0.1, 0.15) is 68.9 Å². The third-order valence-corrected chi connectivity index (χ3v) is 8.63. The van der Waals surface area contributed by atoms with Crippen molar-refractivity contribution in [1.82, 2.24) is 4.98 Å². The van der Waals surface area contributed by atoms with Crippen LogP contribution < -0.4 is 5.32 Å². The van der Waals surface area contributed by atoms with Crippen molar-refractivity contribution in [3.63, 3.8) is 0 Å². The minimum absolute atomic E-state index is 0.0194. The normalized spacial score (nSPS) is 31.5. The van der Waals surface area contributed by atoms with Crippen molar-refractivity contribution in [3.05, 3.63) is 59.5 Å². The largest absolute Gasteiger partial charge is 0.411 e. The Labute approximate surface area is 194 Å². The van der Waals surface area contributed by atoms with Crippen molar-refractivity contribution in [1.29, 1.82) is 0 Å². The summed E-state index contributed by atoms with van der Waals surface area (Å²) in [7, 11) is 0. The van der Waals surface area contributed by atoms with Gasteiger partial charge in [-0.1, -0.05) is 30.3 Å². The summed E-state index contributed by atoms with van der Waals surface area (Å²) in [5, 5.41) is 16.4. The first-order valence-electron chi connectivity index (χ1n) is 12.2. The Morgan fingerprint density at radius 1 is 1.27 bits per heavy atom. The smallest absolute Gasteiger partial charge is 0.225 e. The van der Waals surface area contributed by atoms with Crippen LogP contribution in [0.25, 0.3) is 0 Å². The molecule has 5 nitrogen and oxygen atoms in total. The summed E-state index contributed by atoms with van der Waals surface area (Å²) >= 11 is 0. The lowest BCUT2D eigenvalue weighted by Crippen LogP contribution is -2.44. The average Bonchev–Trinajstić information content (AvgIpc) is 3.11. The highest BCUT2D eigenvalue weighted by molar-refractivity contribution is 5.92. The molecule has 1 aromatic heterocycles. The molecular weight excluding hydrogens is 417 g/mol. The molecule has 6 heteroatoms. The van der Waals surface area contributed by atoms with Crippen LogP contribution in [-0.2, 0) is 11.2 Å². The molecule has 1 heterocycles. The van der Waals surface area contributed by atoms with Gasteiger partial charge in [-0.3, -0.25) is 4.79 Å². The van der Waals surface area contributed by atoms with Gasteiger partial charge in [-0.05, 0) is 97.9 Å². The van der Waals surface area contributed by atoms with Crippen LogP contribution >= 0.6 is 0 Å². The molecule has 174 valence electrons. The molecule has 5 atom stereocenters. The molecule has 5 rings (SSSR count). The van der Waals surface area contributed by atoms with Gasteiger partial charge in [0.15, 0.2) is 0 Å². The zero-order valence-electron chi connectivity index (χ0n) is 19.1. The van der Waals surface area contributed by atoms with Crippen LogP contribution in [0.2, 0.25) is 0 Å². The summed E-state index contributed by atoms with van der Waals surface area (Å²) in [6.07, 6.45) is 8.35. The first-order valence-corrected chi connectivity index (χ1v) is 12.2. The highest BCUT2D eigenvalue weighted by Crippen LogP contribution is 2.62. The van der Waals surface area contributed by atoms with E-state index in [0.29, 0.717) is 35.9 Å². The lowest BCUT2D eigenvalue weighted by atomic mass is 9.54. The molecule has 2 fully saturated rings. The lowest BCUT2D eigenvalue weighted by Gasteiger charge is -2.50. The van der Waals surface area contributed by atoms with E-state index in [0.717, 1.165) is 56.2 Å². The molecule has 33 heavy (non-hydrogen) atoms. The number of hydrogen-bond acceptors (Lipinski definition) is 4. The minimum Gasteiger partial charge on any atom is -0.411 e. The second kappa shape index (κ2) is 8.88. The summed E-state index contributed by atoms with van der Waals surface area (Å²) in [4.78, 5) is 16.6. The number of carbonyl (C=O) groups excluding carboxylic acids is 1. The third-order valence-electron chi connectivity index (χ3n) is 8.63. The fourth-order valence-electron chi connectivity index (χ4n) is 7.24. The van der Waals surface area contributed by atoms with Crippen LogP contribution in [-0.4, -0.2) is 21.8 Å². The van der Waals surface area contributed by atoms with Gasteiger partial charge in [0.05, 0.1) is 5.71 Å². The van der Waals surface area contributed by atoms with Crippen LogP contribution in [0.5, 0.6) is 0 Å². The van der Waals surface area contributed by atoms with Gasteiger partial charge < -0.3 is 10.5 Å². The molecule has 1 aromatic carbocycles. The number of halogens is 1. The molecule has 0 radical (unpaired) electrons. The third kappa shape index (κ3) is 3.94. The van der Waals surface area contributed by atoms with E-state index in [1.54, 1.807) is 18.3 Å². The zero-order valence-corrected chi connectivity index (χ0v) is 19.1. The summed E-state index contributed by atoms with van der Waals surface area (Å²) in [5.74, 6) is 2.10. The first kappa shape index (κ1) is 22.1. The summed E-state index contributed by atoms with van der Waals surface area (Å²) in [6, 6.07) is 11.0. The molecule has 3 aliphatic rings. The number of oxime groups is 1. The molecule has 1 amide bonds. The van der Waals surface area contributed by atoms with Crippen molar-refractivity contribution in [3.8, 4) is 0 Å². The molecule has 0 spiro atoms.